The van der Waals surface area contributed by atoms with Gasteiger partial charge in [0, 0.05) is 17.3 Å². The van der Waals surface area contributed by atoms with E-state index in [2.05, 4.69) is 24.6 Å². The number of unbranched alkanes of at least 4 members (excludes halogenated alkanes) is 4. The Labute approximate surface area is 214 Å². The Morgan fingerprint density at radius 3 is 2.25 bits per heavy atom. The molecule has 0 radical (unpaired) electrons. The summed E-state index contributed by atoms with van der Waals surface area (Å²) >= 11 is 0. The first-order valence-electron chi connectivity index (χ1n) is 12.7. The van der Waals surface area contributed by atoms with E-state index in [1.54, 1.807) is 49.4 Å². The van der Waals surface area contributed by atoms with Crippen molar-refractivity contribution in [1.82, 2.24) is 4.98 Å². The van der Waals surface area contributed by atoms with E-state index in [1.165, 1.54) is 37.7 Å². The third-order valence-corrected chi connectivity index (χ3v) is 5.97. The van der Waals surface area contributed by atoms with Gasteiger partial charge in [-0.2, -0.15) is 0 Å². The van der Waals surface area contributed by atoms with Gasteiger partial charge in [0.1, 0.15) is 12.4 Å². The highest BCUT2D eigenvalue weighted by molar-refractivity contribution is 6.01. The van der Waals surface area contributed by atoms with Crippen molar-refractivity contribution in [2.45, 2.75) is 58.5 Å². The standard InChI is InChI=1S/C31H35NO4/c1-4-6-7-8-9-10-24-11-20-29(32-22-24)25-12-14-27(15-13-25)31(34)36-23(3)30(33)26-16-18-28(19-17-26)35-21-5-2/h5,11-20,22-23H,2,4,6-10,21H2,1,3H3. The van der Waals surface area contributed by atoms with Crippen molar-refractivity contribution < 1.29 is 19.1 Å². The van der Waals surface area contributed by atoms with Crippen LogP contribution in [0.5, 0.6) is 5.75 Å². The van der Waals surface area contributed by atoms with Crippen LogP contribution < -0.4 is 4.74 Å². The second-order valence-corrected chi connectivity index (χ2v) is 8.83. The van der Waals surface area contributed by atoms with Crippen molar-refractivity contribution in [2.24, 2.45) is 0 Å². The average Bonchev–Trinajstić information content (AvgIpc) is 2.92. The molecule has 188 valence electrons. The molecule has 0 saturated heterocycles. The highest BCUT2D eigenvalue weighted by Crippen LogP contribution is 2.20. The molecule has 1 aromatic heterocycles. The van der Waals surface area contributed by atoms with Crippen LogP contribution in [-0.2, 0) is 11.2 Å². The maximum absolute atomic E-state index is 12.7. The Hall–Kier alpha value is -3.73. The molecule has 36 heavy (non-hydrogen) atoms. The molecular formula is C31H35NO4. The highest BCUT2D eigenvalue weighted by Gasteiger charge is 2.20. The number of aromatic nitrogens is 1. The molecule has 1 unspecified atom stereocenters. The zero-order chi connectivity index (χ0) is 25.8. The number of rotatable bonds is 14. The molecule has 3 aromatic rings. The summed E-state index contributed by atoms with van der Waals surface area (Å²) in [6.07, 6.45) is 10.0. The van der Waals surface area contributed by atoms with Gasteiger partial charge in [-0.05, 0) is 67.8 Å². The summed E-state index contributed by atoms with van der Waals surface area (Å²) in [4.78, 5) is 29.9. The molecule has 0 saturated carbocycles. The molecule has 0 fully saturated rings. The fraction of sp³-hybridized carbons (Fsp3) is 0.323. The molecule has 2 aromatic carbocycles. The molecule has 0 aliphatic rings. The fourth-order valence-corrected chi connectivity index (χ4v) is 3.84. The van der Waals surface area contributed by atoms with Crippen LogP contribution in [0.4, 0.5) is 0 Å². The van der Waals surface area contributed by atoms with Gasteiger partial charge in [0.25, 0.3) is 0 Å². The number of carbonyl (C=O) groups excluding carboxylic acids is 2. The van der Waals surface area contributed by atoms with Gasteiger partial charge in [0.15, 0.2) is 6.10 Å². The topological polar surface area (TPSA) is 65.5 Å². The Balaban J connectivity index is 1.53. The summed E-state index contributed by atoms with van der Waals surface area (Å²) in [5.74, 6) is -0.174. The number of ether oxygens (including phenoxy) is 2. The van der Waals surface area contributed by atoms with Gasteiger partial charge in [-0.3, -0.25) is 9.78 Å². The van der Waals surface area contributed by atoms with Crippen LogP contribution in [-0.4, -0.2) is 29.4 Å². The quantitative estimate of drug-likeness (QED) is 0.104. The van der Waals surface area contributed by atoms with Crippen LogP contribution >= 0.6 is 0 Å². The van der Waals surface area contributed by atoms with Crippen LogP contribution in [0.15, 0.2) is 79.5 Å². The van der Waals surface area contributed by atoms with Gasteiger partial charge in [0.2, 0.25) is 5.78 Å². The number of hydrogen-bond acceptors (Lipinski definition) is 5. The molecular weight excluding hydrogens is 450 g/mol. The van der Waals surface area contributed by atoms with Crippen LogP contribution in [0.25, 0.3) is 11.3 Å². The van der Waals surface area contributed by atoms with Gasteiger partial charge in [-0.25, -0.2) is 4.79 Å². The molecule has 1 atom stereocenters. The first-order chi connectivity index (χ1) is 17.5. The van der Waals surface area contributed by atoms with Gasteiger partial charge in [-0.1, -0.05) is 63.5 Å². The van der Waals surface area contributed by atoms with Gasteiger partial charge in [0.05, 0.1) is 11.3 Å². The smallest absolute Gasteiger partial charge is 0.338 e. The van der Waals surface area contributed by atoms with E-state index in [1.807, 2.05) is 24.4 Å². The number of Topliss-reactive ketones (excluding diaryl/α,β-unsaturated/α-hetero) is 1. The van der Waals surface area contributed by atoms with Gasteiger partial charge in [-0.15, -0.1) is 0 Å². The SMILES string of the molecule is C=CCOc1ccc(C(=O)C(C)OC(=O)c2ccc(-c3ccc(CCCCCCC)cn3)cc2)cc1. The summed E-state index contributed by atoms with van der Waals surface area (Å²) in [6, 6.07) is 18.0. The van der Waals surface area contributed by atoms with E-state index in [0.717, 1.165) is 17.7 Å². The van der Waals surface area contributed by atoms with Gasteiger partial charge < -0.3 is 9.47 Å². The van der Waals surface area contributed by atoms with Crippen molar-refractivity contribution in [3.8, 4) is 17.0 Å². The van der Waals surface area contributed by atoms with Gasteiger partial charge >= 0.3 is 5.97 Å². The summed E-state index contributed by atoms with van der Waals surface area (Å²) in [7, 11) is 0. The van der Waals surface area contributed by atoms with E-state index >= 15 is 0 Å². The first kappa shape index (κ1) is 26.9. The Kier molecular flexibility index (Phi) is 10.4. The van der Waals surface area contributed by atoms with Crippen molar-refractivity contribution in [1.29, 1.82) is 0 Å². The second kappa shape index (κ2) is 14.0. The third kappa shape index (κ3) is 7.91. The number of carbonyl (C=O) groups is 2. The van der Waals surface area contributed by atoms with E-state index in [-0.39, 0.29) is 5.78 Å². The molecule has 0 aliphatic heterocycles. The van der Waals surface area contributed by atoms with E-state index < -0.39 is 12.1 Å². The molecule has 5 heteroatoms. The molecule has 3 rings (SSSR count). The van der Waals surface area contributed by atoms with Crippen molar-refractivity contribution in [3.63, 3.8) is 0 Å². The normalized spacial score (nSPS) is 11.5. The fourth-order valence-electron chi connectivity index (χ4n) is 3.84. The molecule has 0 amide bonds. The highest BCUT2D eigenvalue weighted by atomic mass is 16.5. The number of esters is 1. The lowest BCUT2D eigenvalue weighted by atomic mass is 10.0. The molecule has 0 N–H and O–H groups in total. The van der Waals surface area contributed by atoms with Crippen molar-refractivity contribution in [2.75, 3.05) is 6.61 Å². The molecule has 0 spiro atoms. The molecule has 0 aliphatic carbocycles. The lowest BCUT2D eigenvalue weighted by Crippen LogP contribution is -2.24. The van der Waals surface area contributed by atoms with Crippen molar-refractivity contribution >= 4 is 11.8 Å². The largest absolute Gasteiger partial charge is 0.490 e. The second-order valence-electron chi connectivity index (χ2n) is 8.83. The minimum atomic E-state index is -0.909. The zero-order valence-electron chi connectivity index (χ0n) is 21.2. The molecule has 0 bridgehead atoms. The monoisotopic (exact) mass is 485 g/mol. The minimum Gasteiger partial charge on any atom is -0.490 e. The van der Waals surface area contributed by atoms with Crippen LogP contribution in [0, 0.1) is 0 Å². The summed E-state index contributed by atoms with van der Waals surface area (Å²) in [5, 5.41) is 0. The lowest BCUT2D eigenvalue weighted by Gasteiger charge is -2.13. The van der Waals surface area contributed by atoms with E-state index in [4.69, 9.17) is 9.47 Å². The predicted molar refractivity (Wildman–Crippen MR) is 143 cm³/mol. The molecule has 1 heterocycles. The third-order valence-electron chi connectivity index (χ3n) is 5.97. The molecule has 5 nitrogen and oxygen atoms in total. The maximum Gasteiger partial charge on any atom is 0.338 e. The van der Waals surface area contributed by atoms with Crippen molar-refractivity contribution in [3.05, 3.63) is 96.2 Å². The summed E-state index contributed by atoms with van der Waals surface area (Å²) in [6.45, 7) is 7.80. The Bertz CT molecular complexity index is 1120. The lowest BCUT2D eigenvalue weighted by molar-refractivity contribution is 0.0319. The van der Waals surface area contributed by atoms with E-state index in [9.17, 15) is 9.59 Å². The summed E-state index contributed by atoms with van der Waals surface area (Å²) in [5.41, 5.74) is 3.85. The number of ketones is 1. The van der Waals surface area contributed by atoms with E-state index in [0.29, 0.717) is 23.5 Å². The predicted octanol–water partition coefficient (Wildman–Crippen LogP) is 7.25. The first-order valence-corrected chi connectivity index (χ1v) is 12.7. The summed E-state index contributed by atoms with van der Waals surface area (Å²) < 4.78 is 10.9. The zero-order valence-corrected chi connectivity index (χ0v) is 21.2. The van der Waals surface area contributed by atoms with Crippen LogP contribution in [0.2, 0.25) is 0 Å². The Morgan fingerprint density at radius 2 is 1.61 bits per heavy atom. The number of nitrogens with zero attached hydrogens (tertiary/aromatic N) is 1. The average molecular weight is 486 g/mol. The minimum absolute atomic E-state index is 0.273. The van der Waals surface area contributed by atoms with Crippen LogP contribution in [0.3, 0.4) is 0 Å². The number of aryl methyl sites for hydroxylation is 1. The number of pyridine rings is 1. The number of benzene rings is 2. The van der Waals surface area contributed by atoms with Crippen LogP contribution in [0.1, 0.15) is 72.2 Å². The Morgan fingerprint density at radius 1 is 0.917 bits per heavy atom. The number of hydrogen-bond donors (Lipinski definition) is 0. The maximum atomic E-state index is 12.7.